The van der Waals surface area contributed by atoms with Crippen molar-refractivity contribution in [1.82, 2.24) is 25.1 Å². The van der Waals surface area contributed by atoms with Crippen LogP contribution in [0, 0.1) is 13.8 Å². The molecule has 176 valence electrons. The van der Waals surface area contributed by atoms with Gasteiger partial charge in [0.2, 0.25) is 17.4 Å². The van der Waals surface area contributed by atoms with E-state index in [2.05, 4.69) is 25.1 Å². The average molecular weight is 461 g/mol. The van der Waals surface area contributed by atoms with Gasteiger partial charge in [-0.1, -0.05) is 20.8 Å². The van der Waals surface area contributed by atoms with Crippen molar-refractivity contribution in [3.63, 3.8) is 0 Å². The van der Waals surface area contributed by atoms with Crippen LogP contribution in [0.15, 0.2) is 39.2 Å². The number of carbonyl (C=O) groups excluding carboxylic acids is 1. The maximum absolute atomic E-state index is 13.2. The van der Waals surface area contributed by atoms with Crippen LogP contribution < -0.4 is 4.90 Å². The van der Waals surface area contributed by atoms with Gasteiger partial charge < -0.3 is 18.6 Å². The molecule has 9 nitrogen and oxygen atoms in total. The van der Waals surface area contributed by atoms with Crippen LogP contribution in [0.25, 0.3) is 22.7 Å². The van der Waals surface area contributed by atoms with Crippen molar-refractivity contribution in [3.8, 4) is 11.5 Å². The minimum atomic E-state index is -0.218. The number of hydrogen-bond acceptors (Lipinski definition) is 8. The Morgan fingerprint density at radius 1 is 0.941 bits per heavy atom. The number of carbonyl (C=O) groups is 1. The van der Waals surface area contributed by atoms with Crippen molar-refractivity contribution in [2.75, 3.05) is 31.1 Å². The summed E-state index contributed by atoms with van der Waals surface area (Å²) in [6.45, 7) is 12.4. The number of hydrogen-bond donors (Lipinski definition) is 0. The van der Waals surface area contributed by atoms with Gasteiger partial charge in [-0.05, 0) is 49.7 Å². The summed E-state index contributed by atoms with van der Waals surface area (Å²) in [6.07, 6.45) is 0. The quantitative estimate of drug-likeness (QED) is 0.449. The average Bonchev–Trinajstić information content (AvgIpc) is 3.46. The fourth-order valence-corrected chi connectivity index (χ4v) is 3.99. The van der Waals surface area contributed by atoms with Crippen LogP contribution in [0.4, 0.5) is 6.01 Å². The first-order valence-electron chi connectivity index (χ1n) is 11.4. The van der Waals surface area contributed by atoms with Crippen molar-refractivity contribution < 1.29 is 13.6 Å². The lowest BCUT2D eigenvalue weighted by atomic mass is 9.97. The van der Waals surface area contributed by atoms with E-state index in [1.807, 2.05) is 69.9 Å². The van der Waals surface area contributed by atoms with Crippen LogP contribution >= 0.6 is 0 Å². The predicted octanol–water partition coefficient (Wildman–Crippen LogP) is 4.15. The Kier molecular flexibility index (Phi) is 5.34. The Balaban J connectivity index is 1.27. The summed E-state index contributed by atoms with van der Waals surface area (Å²) < 4.78 is 11.7. The number of amides is 1. The number of nitrogens with zero attached hydrogens (tertiary/aromatic N) is 6. The summed E-state index contributed by atoms with van der Waals surface area (Å²) in [4.78, 5) is 26.0. The molecule has 0 atom stereocenters. The minimum absolute atomic E-state index is 0.00469. The Bertz CT molecular complexity index is 1360. The second kappa shape index (κ2) is 8.23. The van der Waals surface area contributed by atoms with Gasteiger partial charge in [0, 0.05) is 48.4 Å². The molecule has 3 aromatic heterocycles. The van der Waals surface area contributed by atoms with E-state index in [1.165, 1.54) is 0 Å². The number of benzene rings is 1. The zero-order valence-corrected chi connectivity index (χ0v) is 20.1. The normalized spacial score (nSPS) is 14.7. The van der Waals surface area contributed by atoms with E-state index in [0.717, 1.165) is 16.8 Å². The largest absolute Gasteiger partial charge is 0.422 e. The van der Waals surface area contributed by atoms with Gasteiger partial charge in [0.05, 0.1) is 0 Å². The van der Waals surface area contributed by atoms with Gasteiger partial charge in [-0.3, -0.25) is 4.79 Å². The van der Waals surface area contributed by atoms with Gasteiger partial charge in [-0.15, -0.1) is 10.2 Å². The lowest BCUT2D eigenvalue weighted by Crippen LogP contribution is -2.48. The third-order valence-electron chi connectivity index (χ3n) is 5.99. The summed E-state index contributed by atoms with van der Waals surface area (Å²) in [6, 6.07) is 9.94. The molecule has 4 aromatic rings. The van der Waals surface area contributed by atoms with Gasteiger partial charge in [0.25, 0.3) is 11.9 Å². The highest BCUT2D eigenvalue weighted by atomic mass is 16.4. The van der Waals surface area contributed by atoms with E-state index < -0.39 is 0 Å². The molecule has 1 amide bonds. The molecule has 0 spiro atoms. The van der Waals surface area contributed by atoms with Gasteiger partial charge in [0.1, 0.15) is 0 Å². The number of oxazole rings is 1. The van der Waals surface area contributed by atoms with E-state index in [1.54, 1.807) is 0 Å². The van der Waals surface area contributed by atoms with Crippen LogP contribution in [0.1, 0.15) is 48.3 Å². The summed E-state index contributed by atoms with van der Waals surface area (Å²) in [5.74, 6) is 1.06. The maximum Gasteiger partial charge on any atom is 0.300 e. The molecule has 9 heteroatoms. The monoisotopic (exact) mass is 460 g/mol. The molecule has 5 rings (SSSR count). The zero-order valence-electron chi connectivity index (χ0n) is 20.1. The number of aryl methyl sites for hydroxylation is 2. The van der Waals surface area contributed by atoms with Crippen LogP contribution in [0.2, 0.25) is 0 Å². The number of pyridine rings is 1. The first-order valence-corrected chi connectivity index (χ1v) is 11.4. The number of fused-ring (bicyclic) bond motifs is 1. The van der Waals surface area contributed by atoms with E-state index in [-0.39, 0.29) is 11.3 Å². The first-order chi connectivity index (χ1) is 16.2. The van der Waals surface area contributed by atoms with Crippen molar-refractivity contribution in [1.29, 1.82) is 0 Å². The molecule has 1 saturated heterocycles. The zero-order chi connectivity index (χ0) is 24.0. The fraction of sp³-hybridized carbons (Fsp3) is 0.400. The third kappa shape index (κ3) is 4.13. The van der Waals surface area contributed by atoms with Gasteiger partial charge >= 0.3 is 0 Å². The second-order valence-corrected chi connectivity index (χ2v) is 9.74. The lowest BCUT2D eigenvalue weighted by Gasteiger charge is -2.33. The summed E-state index contributed by atoms with van der Waals surface area (Å²) >= 11 is 0. The minimum Gasteiger partial charge on any atom is -0.422 e. The van der Waals surface area contributed by atoms with Crippen molar-refractivity contribution in [2.24, 2.45) is 0 Å². The van der Waals surface area contributed by atoms with Gasteiger partial charge in [0.15, 0.2) is 5.58 Å². The molecule has 0 unspecified atom stereocenters. The van der Waals surface area contributed by atoms with E-state index in [0.29, 0.717) is 60.8 Å². The predicted molar refractivity (Wildman–Crippen MR) is 128 cm³/mol. The highest BCUT2D eigenvalue weighted by Crippen LogP contribution is 2.28. The number of aromatic nitrogens is 4. The van der Waals surface area contributed by atoms with Crippen LogP contribution in [0.5, 0.6) is 0 Å². The molecule has 0 saturated carbocycles. The molecule has 1 aromatic carbocycles. The Hall–Kier alpha value is -3.75. The Labute approximate surface area is 197 Å². The molecule has 1 fully saturated rings. The molecule has 0 N–H and O–H groups in total. The Morgan fingerprint density at radius 3 is 2.38 bits per heavy atom. The van der Waals surface area contributed by atoms with Crippen molar-refractivity contribution in [2.45, 2.75) is 40.0 Å². The number of piperazine rings is 1. The van der Waals surface area contributed by atoms with E-state index >= 15 is 0 Å². The molecular formula is C25H28N6O3. The van der Waals surface area contributed by atoms with Gasteiger partial charge in [-0.2, -0.15) is 4.98 Å². The van der Waals surface area contributed by atoms with Crippen molar-refractivity contribution >= 4 is 23.2 Å². The summed E-state index contributed by atoms with van der Waals surface area (Å²) in [7, 11) is 0. The molecule has 0 bridgehead atoms. The third-order valence-corrected chi connectivity index (χ3v) is 5.99. The number of anilines is 1. The van der Waals surface area contributed by atoms with E-state index in [9.17, 15) is 4.79 Å². The highest BCUT2D eigenvalue weighted by molar-refractivity contribution is 5.95. The van der Waals surface area contributed by atoms with Crippen LogP contribution in [0.3, 0.4) is 0 Å². The SMILES string of the molecule is Cc1ccc2oc(N3CCN(C(=O)c4ccc(-c5nnc(C(C)(C)C)o5)c(C)c4)CC3)nc2n1. The number of rotatable bonds is 3. The van der Waals surface area contributed by atoms with Crippen molar-refractivity contribution in [3.05, 3.63) is 53.0 Å². The molecule has 1 aliphatic heterocycles. The molecular weight excluding hydrogens is 432 g/mol. The molecule has 1 aliphatic rings. The molecule has 4 heterocycles. The standard InChI is InChI=1S/C25H28N6O3/c1-15-14-17(7-8-18(15)21-28-29-23(34-21)25(3,4)5)22(32)30-10-12-31(13-11-30)24-27-20-19(33-24)9-6-16(2)26-20/h6-9,14H,10-13H2,1-5H3. The maximum atomic E-state index is 13.2. The highest BCUT2D eigenvalue weighted by Gasteiger charge is 2.26. The topological polar surface area (TPSA) is 101 Å². The molecule has 0 radical (unpaired) electrons. The molecule has 0 aliphatic carbocycles. The van der Waals surface area contributed by atoms with Gasteiger partial charge in [-0.25, -0.2) is 4.98 Å². The Morgan fingerprint density at radius 2 is 1.71 bits per heavy atom. The smallest absolute Gasteiger partial charge is 0.300 e. The first kappa shape index (κ1) is 22.1. The lowest BCUT2D eigenvalue weighted by molar-refractivity contribution is 0.0745. The molecule has 34 heavy (non-hydrogen) atoms. The van der Waals surface area contributed by atoms with Crippen LogP contribution in [-0.4, -0.2) is 57.2 Å². The van der Waals surface area contributed by atoms with Crippen LogP contribution in [-0.2, 0) is 5.41 Å². The summed E-state index contributed by atoms with van der Waals surface area (Å²) in [5, 5.41) is 8.37. The second-order valence-electron chi connectivity index (χ2n) is 9.74. The summed E-state index contributed by atoms with van der Waals surface area (Å²) in [5.41, 5.74) is 4.37. The fourth-order valence-electron chi connectivity index (χ4n) is 3.99. The van der Waals surface area contributed by atoms with E-state index in [4.69, 9.17) is 8.83 Å².